The fourth-order valence-electron chi connectivity index (χ4n) is 2.84. The second-order valence-corrected chi connectivity index (χ2v) is 6.26. The van der Waals surface area contributed by atoms with Crippen LogP contribution in [0.2, 0.25) is 0 Å². The highest BCUT2D eigenvalue weighted by Gasteiger charge is 2.20. The van der Waals surface area contributed by atoms with E-state index < -0.39 is 0 Å². The minimum Gasteiger partial charge on any atom is -0.307 e. The molecule has 1 rings (SSSR count). The maximum atomic E-state index is 3.79. The lowest BCUT2D eigenvalue weighted by atomic mass is 9.91. The van der Waals surface area contributed by atoms with Crippen LogP contribution < -0.4 is 5.32 Å². The highest BCUT2D eigenvalue weighted by atomic mass is 15.0. The van der Waals surface area contributed by atoms with Crippen molar-refractivity contribution in [3.63, 3.8) is 0 Å². The summed E-state index contributed by atoms with van der Waals surface area (Å²) in [4.78, 5) is 0. The number of benzene rings is 1. The molecule has 1 heteroatoms. The Kier molecular flexibility index (Phi) is 5.40. The van der Waals surface area contributed by atoms with Gasteiger partial charge in [-0.05, 0) is 43.7 Å². The molecule has 102 valence electrons. The Balaban J connectivity index is 2.83. The Morgan fingerprint density at radius 2 is 1.44 bits per heavy atom. The van der Waals surface area contributed by atoms with Gasteiger partial charge in [-0.25, -0.2) is 0 Å². The molecule has 1 unspecified atom stereocenters. The number of hydrogen-bond acceptors (Lipinski definition) is 1. The van der Waals surface area contributed by atoms with Gasteiger partial charge in [-0.15, -0.1) is 0 Å². The first kappa shape index (κ1) is 15.2. The topological polar surface area (TPSA) is 12.0 Å². The molecule has 0 saturated carbocycles. The van der Waals surface area contributed by atoms with Gasteiger partial charge in [0, 0.05) is 12.1 Å². The Labute approximate surface area is 113 Å². The third kappa shape index (κ3) is 3.84. The van der Waals surface area contributed by atoms with Crippen molar-refractivity contribution in [3.8, 4) is 0 Å². The Morgan fingerprint density at radius 3 is 1.89 bits per heavy atom. The molecule has 0 fully saturated rings. The number of aryl methyl sites for hydroxylation is 2. The van der Waals surface area contributed by atoms with Crippen molar-refractivity contribution in [1.82, 2.24) is 5.32 Å². The molecule has 0 radical (unpaired) electrons. The normalized spacial score (nSPS) is 13.7. The Hall–Kier alpha value is -0.820. The summed E-state index contributed by atoms with van der Waals surface area (Å²) in [5.74, 6) is 1.33. The molecule has 1 aromatic carbocycles. The summed E-state index contributed by atoms with van der Waals surface area (Å²) in [6.07, 6.45) is 0. The van der Waals surface area contributed by atoms with E-state index in [1.54, 1.807) is 0 Å². The second-order valence-electron chi connectivity index (χ2n) is 6.26. The van der Waals surface area contributed by atoms with Crippen molar-refractivity contribution in [3.05, 3.63) is 34.9 Å². The minimum absolute atomic E-state index is 0.417. The zero-order valence-corrected chi connectivity index (χ0v) is 13.0. The maximum absolute atomic E-state index is 3.79. The molecule has 1 atom stereocenters. The van der Waals surface area contributed by atoms with Crippen molar-refractivity contribution in [1.29, 1.82) is 0 Å². The lowest BCUT2D eigenvalue weighted by molar-refractivity contribution is 0.290. The van der Waals surface area contributed by atoms with E-state index in [2.05, 4.69) is 72.0 Å². The van der Waals surface area contributed by atoms with Crippen molar-refractivity contribution in [2.45, 2.75) is 60.5 Å². The molecule has 0 heterocycles. The summed E-state index contributed by atoms with van der Waals surface area (Å²) in [6, 6.07) is 7.73. The van der Waals surface area contributed by atoms with E-state index in [4.69, 9.17) is 0 Å². The van der Waals surface area contributed by atoms with E-state index >= 15 is 0 Å². The zero-order valence-electron chi connectivity index (χ0n) is 13.0. The molecule has 1 N–H and O–H groups in total. The summed E-state index contributed by atoms with van der Waals surface area (Å²) in [5.41, 5.74) is 4.15. The molecule has 1 nitrogen and oxygen atoms in total. The van der Waals surface area contributed by atoms with Crippen LogP contribution in [0.5, 0.6) is 0 Å². The van der Waals surface area contributed by atoms with Gasteiger partial charge in [-0.3, -0.25) is 0 Å². The molecule has 18 heavy (non-hydrogen) atoms. The van der Waals surface area contributed by atoms with Gasteiger partial charge in [-0.1, -0.05) is 51.5 Å². The molecular weight excluding hydrogens is 218 g/mol. The first-order valence-corrected chi connectivity index (χ1v) is 7.16. The molecule has 0 aliphatic rings. The van der Waals surface area contributed by atoms with Gasteiger partial charge in [0.2, 0.25) is 0 Å². The van der Waals surface area contributed by atoms with Gasteiger partial charge in [-0.2, -0.15) is 0 Å². The molecule has 0 aliphatic heterocycles. The van der Waals surface area contributed by atoms with Crippen molar-refractivity contribution >= 4 is 0 Å². The smallest absolute Gasteiger partial charge is 0.0297 e. The third-order valence-corrected chi connectivity index (χ3v) is 3.77. The van der Waals surface area contributed by atoms with E-state index in [0.717, 1.165) is 0 Å². The SMILES string of the molecule is Cc1ccc(C(C)NC(C(C)C)C(C)C)c(C)c1. The summed E-state index contributed by atoms with van der Waals surface area (Å²) >= 11 is 0. The predicted molar refractivity (Wildman–Crippen MR) is 80.9 cm³/mol. The van der Waals surface area contributed by atoms with Gasteiger partial charge in [0.25, 0.3) is 0 Å². The predicted octanol–water partition coefficient (Wildman–Crippen LogP) is 4.63. The van der Waals surface area contributed by atoms with Gasteiger partial charge in [0.05, 0.1) is 0 Å². The quantitative estimate of drug-likeness (QED) is 0.799. The molecule has 0 amide bonds. The first-order chi connectivity index (χ1) is 8.32. The molecule has 0 spiro atoms. The molecule has 0 bridgehead atoms. The third-order valence-electron chi connectivity index (χ3n) is 3.77. The van der Waals surface area contributed by atoms with Crippen LogP contribution in [0.3, 0.4) is 0 Å². The number of rotatable bonds is 5. The van der Waals surface area contributed by atoms with Crippen LogP contribution in [0, 0.1) is 25.7 Å². The minimum atomic E-state index is 0.417. The average Bonchev–Trinajstić information content (AvgIpc) is 2.24. The van der Waals surface area contributed by atoms with Gasteiger partial charge >= 0.3 is 0 Å². The summed E-state index contributed by atoms with van der Waals surface area (Å²) < 4.78 is 0. The number of hydrogen-bond donors (Lipinski definition) is 1. The fraction of sp³-hybridized carbons (Fsp3) is 0.647. The van der Waals surface area contributed by atoms with Crippen LogP contribution in [0.4, 0.5) is 0 Å². The lowest BCUT2D eigenvalue weighted by Gasteiger charge is -2.30. The number of nitrogens with one attached hydrogen (secondary N) is 1. The van der Waals surface area contributed by atoms with Crippen LogP contribution in [0.1, 0.15) is 57.4 Å². The van der Waals surface area contributed by atoms with E-state index in [1.165, 1.54) is 16.7 Å². The summed E-state index contributed by atoms with van der Waals surface area (Å²) in [6.45, 7) is 15.8. The Morgan fingerprint density at radius 1 is 0.889 bits per heavy atom. The first-order valence-electron chi connectivity index (χ1n) is 7.16. The van der Waals surface area contributed by atoms with Crippen molar-refractivity contribution < 1.29 is 0 Å². The average molecular weight is 247 g/mol. The van der Waals surface area contributed by atoms with Crippen molar-refractivity contribution in [2.75, 3.05) is 0 Å². The van der Waals surface area contributed by atoms with E-state index in [-0.39, 0.29) is 0 Å². The van der Waals surface area contributed by atoms with Crippen LogP contribution in [-0.2, 0) is 0 Å². The van der Waals surface area contributed by atoms with E-state index in [0.29, 0.717) is 23.9 Å². The highest BCUT2D eigenvalue weighted by molar-refractivity contribution is 5.32. The van der Waals surface area contributed by atoms with Gasteiger partial charge in [0.1, 0.15) is 0 Å². The van der Waals surface area contributed by atoms with Crippen LogP contribution in [-0.4, -0.2) is 6.04 Å². The fourth-order valence-corrected chi connectivity index (χ4v) is 2.84. The monoisotopic (exact) mass is 247 g/mol. The molecule has 0 saturated heterocycles. The van der Waals surface area contributed by atoms with E-state index in [9.17, 15) is 0 Å². The molecule has 0 aliphatic carbocycles. The highest BCUT2D eigenvalue weighted by Crippen LogP contribution is 2.22. The van der Waals surface area contributed by atoms with E-state index in [1.807, 2.05) is 0 Å². The lowest BCUT2D eigenvalue weighted by Crippen LogP contribution is -2.39. The molecular formula is C17H29N. The zero-order chi connectivity index (χ0) is 13.9. The second kappa shape index (κ2) is 6.38. The molecule has 0 aromatic heterocycles. The van der Waals surface area contributed by atoms with Crippen LogP contribution in [0.25, 0.3) is 0 Å². The summed E-state index contributed by atoms with van der Waals surface area (Å²) in [5, 5.41) is 3.79. The summed E-state index contributed by atoms with van der Waals surface area (Å²) in [7, 11) is 0. The largest absolute Gasteiger partial charge is 0.307 e. The van der Waals surface area contributed by atoms with Crippen LogP contribution in [0.15, 0.2) is 18.2 Å². The standard InChI is InChI=1S/C17H29N/c1-11(2)17(12(3)4)18-15(7)16-9-8-13(5)10-14(16)6/h8-12,15,17-18H,1-7H3. The maximum Gasteiger partial charge on any atom is 0.0297 e. The van der Waals surface area contributed by atoms with Crippen molar-refractivity contribution in [2.24, 2.45) is 11.8 Å². The van der Waals surface area contributed by atoms with Gasteiger partial charge < -0.3 is 5.32 Å². The Bertz CT molecular complexity index is 371. The van der Waals surface area contributed by atoms with Crippen LogP contribution >= 0.6 is 0 Å². The molecule has 1 aromatic rings. The van der Waals surface area contributed by atoms with Gasteiger partial charge in [0.15, 0.2) is 0 Å².